The lowest BCUT2D eigenvalue weighted by molar-refractivity contribution is -0.123. The van der Waals surface area contributed by atoms with E-state index in [-0.39, 0.29) is 11.8 Å². The number of fused-ring (bicyclic) bond motifs is 1. The van der Waals surface area contributed by atoms with Crippen LogP contribution in [0, 0.1) is 5.92 Å². The molecule has 1 heterocycles. The summed E-state index contributed by atoms with van der Waals surface area (Å²) in [6.45, 7) is 6.06. The van der Waals surface area contributed by atoms with E-state index in [1.54, 1.807) is 6.92 Å². The third-order valence-electron chi connectivity index (χ3n) is 4.37. The van der Waals surface area contributed by atoms with Crippen LogP contribution in [-0.2, 0) is 9.59 Å². The van der Waals surface area contributed by atoms with E-state index in [2.05, 4.69) is 24.5 Å². The number of amides is 2. The minimum absolute atomic E-state index is 0.124. The summed E-state index contributed by atoms with van der Waals surface area (Å²) >= 11 is 1.45. The Morgan fingerprint density at radius 2 is 1.76 bits per heavy atom. The van der Waals surface area contributed by atoms with Gasteiger partial charge in [0.05, 0.1) is 16.9 Å². The van der Waals surface area contributed by atoms with Crippen molar-refractivity contribution in [2.45, 2.75) is 36.8 Å². The monoisotopic (exact) mass is 354 g/mol. The number of benzene rings is 2. The van der Waals surface area contributed by atoms with Gasteiger partial charge in [-0.05, 0) is 35.7 Å². The van der Waals surface area contributed by atoms with Crippen LogP contribution in [-0.4, -0.2) is 17.1 Å². The van der Waals surface area contributed by atoms with Gasteiger partial charge in [-0.25, -0.2) is 0 Å². The van der Waals surface area contributed by atoms with Crippen LogP contribution in [0.3, 0.4) is 0 Å². The molecule has 2 aromatic carbocycles. The summed E-state index contributed by atoms with van der Waals surface area (Å²) in [5.74, 6) is -0.264. The number of carbonyl (C=O) groups excluding carboxylic acids is 2. The molecule has 0 fully saturated rings. The Hall–Kier alpha value is -2.27. The number of para-hydroxylation sites is 1. The second-order valence-electron chi connectivity index (χ2n) is 6.58. The van der Waals surface area contributed by atoms with Gasteiger partial charge in [0.15, 0.2) is 0 Å². The molecule has 0 radical (unpaired) electrons. The Bertz CT molecular complexity index is 787. The van der Waals surface area contributed by atoms with Crippen LogP contribution in [0.5, 0.6) is 0 Å². The molecule has 2 unspecified atom stereocenters. The average Bonchev–Trinajstić information content (AvgIpc) is 2.61. The zero-order valence-electron chi connectivity index (χ0n) is 14.6. The molecule has 25 heavy (non-hydrogen) atoms. The third kappa shape index (κ3) is 3.87. The van der Waals surface area contributed by atoms with Gasteiger partial charge in [0.2, 0.25) is 11.8 Å². The van der Waals surface area contributed by atoms with Crippen molar-refractivity contribution in [1.29, 1.82) is 0 Å². The predicted molar refractivity (Wildman–Crippen MR) is 103 cm³/mol. The van der Waals surface area contributed by atoms with Crippen molar-refractivity contribution in [2.24, 2.45) is 5.92 Å². The van der Waals surface area contributed by atoms with Crippen LogP contribution in [0.4, 0.5) is 11.4 Å². The molecule has 0 spiro atoms. The highest BCUT2D eigenvalue weighted by molar-refractivity contribution is 8.01. The van der Waals surface area contributed by atoms with Gasteiger partial charge in [0.1, 0.15) is 0 Å². The minimum Gasteiger partial charge on any atom is -0.326 e. The molecule has 2 aromatic rings. The van der Waals surface area contributed by atoms with E-state index >= 15 is 0 Å². The lowest BCUT2D eigenvalue weighted by Crippen LogP contribution is -2.39. The molecule has 1 aliphatic rings. The lowest BCUT2D eigenvalue weighted by Gasteiger charge is -2.27. The van der Waals surface area contributed by atoms with Gasteiger partial charge < -0.3 is 10.6 Å². The van der Waals surface area contributed by atoms with E-state index in [0.29, 0.717) is 5.92 Å². The fourth-order valence-electron chi connectivity index (χ4n) is 2.74. The molecule has 2 amide bonds. The molecule has 1 aliphatic heterocycles. The molecule has 3 rings (SSSR count). The first-order valence-electron chi connectivity index (χ1n) is 8.43. The lowest BCUT2D eigenvalue weighted by atomic mass is 10.0. The maximum absolute atomic E-state index is 12.6. The molecule has 0 saturated heterocycles. The standard InChI is InChI=1S/C20H22N2O2S/c1-12(2)14-8-10-15(11-9-14)21-19(23)13(3)18-20(24)22-16-6-4-5-7-17(16)25-18/h4-13,18H,1-3H3,(H,21,23)(H,22,24). The minimum atomic E-state index is -0.442. The fraction of sp³-hybridized carbons (Fsp3) is 0.300. The summed E-state index contributed by atoms with van der Waals surface area (Å²) in [6.07, 6.45) is 0. The molecule has 4 nitrogen and oxygen atoms in total. The number of rotatable bonds is 4. The van der Waals surface area contributed by atoms with E-state index in [1.165, 1.54) is 17.3 Å². The van der Waals surface area contributed by atoms with Gasteiger partial charge in [-0.3, -0.25) is 9.59 Å². The molecule has 5 heteroatoms. The Labute approximate surface area is 152 Å². The SMILES string of the molecule is CC(C)c1ccc(NC(=O)C(C)C2Sc3ccccc3NC2=O)cc1. The number of anilines is 2. The first kappa shape index (κ1) is 17.5. The van der Waals surface area contributed by atoms with E-state index < -0.39 is 11.2 Å². The van der Waals surface area contributed by atoms with Crippen LogP contribution in [0.15, 0.2) is 53.4 Å². The maximum Gasteiger partial charge on any atom is 0.238 e. The fourth-order valence-corrected chi connectivity index (χ4v) is 3.91. The van der Waals surface area contributed by atoms with Crippen molar-refractivity contribution in [3.63, 3.8) is 0 Å². The largest absolute Gasteiger partial charge is 0.326 e. The third-order valence-corrected chi connectivity index (χ3v) is 5.86. The van der Waals surface area contributed by atoms with Crippen molar-refractivity contribution in [1.82, 2.24) is 0 Å². The van der Waals surface area contributed by atoms with Crippen molar-refractivity contribution in [2.75, 3.05) is 10.6 Å². The highest BCUT2D eigenvalue weighted by atomic mass is 32.2. The van der Waals surface area contributed by atoms with Gasteiger partial charge >= 0.3 is 0 Å². The maximum atomic E-state index is 12.6. The molecule has 2 N–H and O–H groups in total. The zero-order chi connectivity index (χ0) is 18.0. The van der Waals surface area contributed by atoms with Crippen molar-refractivity contribution < 1.29 is 9.59 Å². The Morgan fingerprint density at radius 1 is 1.08 bits per heavy atom. The summed E-state index contributed by atoms with van der Waals surface area (Å²) in [7, 11) is 0. The number of nitrogens with one attached hydrogen (secondary N) is 2. The number of hydrogen-bond donors (Lipinski definition) is 2. The predicted octanol–water partition coefficient (Wildman–Crippen LogP) is 4.50. The molecule has 0 bridgehead atoms. The summed E-state index contributed by atoms with van der Waals surface area (Å²) in [5.41, 5.74) is 2.79. The molecular formula is C20H22N2O2S. The molecule has 0 aromatic heterocycles. The first-order valence-corrected chi connectivity index (χ1v) is 9.31. The molecule has 0 saturated carbocycles. The number of carbonyl (C=O) groups is 2. The van der Waals surface area contributed by atoms with Crippen LogP contribution in [0.25, 0.3) is 0 Å². The number of hydrogen-bond acceptors (Lipinski definition) is 3. The van der Waals surface area contributed by atoms with E-state index in [0.717, 1.165) is 16.3 Å². The topological polar surface area (TPSA) is 58.2 Å². The zero-order valence-corrected chi connectivity index (χ0v) is 15.4. The quantitative estimate of drug-likeness (QED) is 0.850. The highest BCUT2D eigenvalue weighted by Gasteiger charge is 2.35. The van der Waals surface area contributed by atoms with Crippen molar-refractivity contribution >= 4 is 35.0 Å². The van der Waals surface area contributed by atoms with Gasteiger partial charge in [-0.15, -0.1) is 11.8 Å². The van der Waals surface area contributed by atoms with Gasteiger partial charge in [-0.2, -0.15) is 0 Å². The molecular weight excluding hydrogens is 332 g/mol. The average molecular weight is 354 g/mol. The Kier molecular flexibility index (Phi) is 5.13. The molecule has 130 valence electrons. The van der Waals surface area contributed by atoms with Gasteiger partial charge in [-0.1, -0.05) is 45.0 Å². The summed E-state index contributed by atoms with van der Waals surface area (Å²) in [4.78, 5) is 25.9. The van der Waals surface area contributed by atoms with Crippen LogP contribution >= 0.6 is 11.8 Å². The first-order chi connectivity index (χ1) is 12.0. The van der Waals surface area contributed by atoms with E-state index in [1.807, 2.05) is 48.5 Å². The van der Waals surface area contributed by atoms with Gasteiger partial charge in [0, 0.05) is 10.6 Å². The Morgan fingerprint density at radius 3 is 2.44 bits per heavy atom. The smallest absolute Gasteiger partial charge is 0.238 e. The second-order valence-corrected chi connectivity index (χ2v) is 7.76. The van der Waals surface area contributed by atoms with Crippen LogP contribution in [0.2, 0.25) is 0 Å². The van der Waals surface area contributed by atoms with Crippen LogP contribution < -0.4 is 10.6 Å². The number of thioether (sulfide) groups is 1. The van der Waals surface area contributed by atoms with Crippen LogP contribution in [0.1, 0.15) is 32.3 Å². The summed E-state index contributed by atoms with van der Waals surface area (Å²) in [5, 5.41) is 5.37. The van der Waals surface area contributed by atoms with E-state index in [4.69, 9.17) is 0 Å². The highest BCUT2D eigenvalue weighted by Crippen LogP contribution is 2.38. The van der Waals surface area contributed by atoms with Crippen molar-refractivity contribution in [3.8, 4) is 0 Å². The normalized spacial score (nSPS) is 17.6. The summed E-state index contributed by atoms with van der Waals surface area (Å²) < 4.78 is 0. The molecule has 2 atom stereocenters. The van der Waals surface area contributed by atoms with E-state index in [9.17, 15) is 9.59 Å². The Balaban J connectivity index is 1.69. The molecule has 0 aliphatic carbocycles. The second kappa shape index (κ2) is 7.31. The van der Waals surface area contributed by atoms with Gasteiger partial charge in [0.25, 0.3) is 0 Å². The van der Waals surface area contributed by atoms with Crippen molar-refractivity contribution in [3.05, 3.63) is 54.1 Å². The summed E-state index contributed by atoms with van der Waals surface area (Å²) in [6, 6.07) is 15.5.